The molecule has 2 fully saturated rings. The number of ether oxygens (including phenoxy) is 2. The molecule has 2 aliphatic carbocycles. The number of nitro groups is 1. The van der Waals surface area contributed by atoms with Gasteiger partial charge in [0.25, 0.3) is 5.69 Å². The third-order valence-corrected chi connectivity index (χ3v) is 6.96. The summed E-state index contributed by atoms with van der Waals surface area (Å²) in [7, 11) is 0. The standard InChI is InChI=1S/C25H35NO6/c1-18-12-13-21(26(29)30)23(25(28)32-17-15-20-10-6-3-7-11-20)22(18)24(27)31-16-14-19-8-4-2-5-9-19/h12-13,19-20H,2-11,14-17H2,1H3. The zero-order chi connectivity index (χ0) is 22.9. The third-order valence-electron chi connectivity index (χ3n) is 6.96. The number of carbonyl (C=O) groups excluding carboxylic acids is 2. The first kappa shape index (κ1) is 24.2. The second-order valence-corrected chi connectivity index (χ2v) is 9.27. The van der Waals surface area contributed by atoms with E-state index in [-0.39, 0.29) is 24.3 Å². The summed E-state index contributed by atoms with van der Waals surface area (Å²) in [5, 5.41) is 11.6. The molecule has 0 amide bonds. The van der Waals surface area contributed by atoms with E-state index < -0.39 is 22.5 Å². The van der Waals surface area contributed by atoms with Crippen LogP contribution >= 0.6 is 0 Å². The average Bonchev–Trinajstić information content (AvgIpc) is 2.79. The van der Waals surface area contributed by atoms with Crippen molar-refractivity contribution >= 4 is 17.6 Å². The summed E-state index contributed by atoms with van der Waals surface area (Å²) in [6.45, 7) is 2.10. The van der Waals surface area contributed by atoms with Crippen molar-refractivity contribution in [1.29, 1.82) is 0 Å². The molecule has 0 saturated heterocycles. The van der Waals surface area contributed by atoms with E-state index in [4.69, 9.17) is 9.47 Å². The maximum absolute atomic E-state index is 12.9. The molecule has 0 atom stereocenters. The first-order valence-electron chi connectivity index (χ1n) is 12.1. The number of hydrogen-bond acceptors (Lipinski definition) is 6. The minimum absolute atomic E-state index is 0.0505. The van der Waals surface area contributed by atoms with Crippen LogP contribution in [0.3, 0.4) is 0 Å². The number of esters is 2. The Morgan fingerprint density at radius 2 is 1.31 bits per heavy atom. The second kappa shape index (κ2) is 12.0. The van der Waals surface area contributed by atoms with Crippen LogP contribution in [0.5, 0.6) is 0 Å². The van der Waals surface area contributed by atoms with Crippen molar-refractivity contribution in [2.45, 2.75) is 84.0 Å². The second-order valence-electron chi connectivity index (χ2n) is 9.27. The van der Waals surface area contributed by atoms with Gasteiger partial charge in [-0.25, -0.2) is 9.59 Å². The highest BCUT2D eigenvalue weighted by molar-refractivity contribution is 6.07. The van der Waals surface area contributed by atoms with E-state index >= 15 is 0 Å². The lowest BCUT2D eigenvalue weighted by atomic mass is 9.87. The summed E-state index contributed by atoms with van der Waals surface area (Å²) >= 11 is 0. The fourth-order valence-corrected chi connectivity index (χ4v) is 5.05. The molecule has 3 rings (SSSR count). The van der Waals surface area contributed by atoms with Gasteiger partial charge in [-0.2, -0.15) is 0 Å². The molecule has 0 aromatic heterocycles. The van der Waals surface area contributed by atoms with Gasteiger partial charge in [0.15, 0.2) is 5.56 Å². The van der Waals surface area contributed by atoms with Crippen LogP contribution in [0.15, 0.2) is 12.1 Å². The Morgan fingerprint density at radius 1 is 0.844 bits per heavy atom. The zero-order valence-corrected chi connectivity index (χ0v) is 19.1. The number of aryl methyl sites for hydroxylation is 1. The molecule has 2 saturated carbocycles. The van der Waals surface area contributed by atoms with Gasteiger partial charge in [0.1, 0.15) is 0 Å². The Balaban J connectivity index is 1.68. The fourth-order valence-electron chi connectivity index (χ4n) is 5.05. The Hall–Kier alpha value is -2.44. The molecule has 7 heteroatoms. The highest BCUT2D eigenvalue weighted by Crippen LogP contribution is 2.30. The summed E-state index contributed by atoms with van der Waals surface area (Å²) in [6.07, 6.45) is 13.4. The van der Waals surface area contributed by atoms with Crippen LogP contribution in [-0.4, -0.2) is 30.1 Å². The van der Waals surface area contributed by atoms with Crippen molar-refractivity contribution in [1.82, 2.24) is 0 Å². The summed E-state index contributed by atoms with van der Waals surface area (Å²) in [5.41, 5.74) is -0.290. The number of rotatable bonds is 9. The molecule has 0 spiro atoms. The molecule has 7 nitrogen and oxygen atoms in total. The quantitative estimate of drug-likeness (QED) is 0.257. The average molecular weight is 446 g/mol. The summed E-state index contributed by atoms with van der Waals surface area (Å²) in [4.78, 5) is 36.7. The Morgan fingerprint density at radius 3 is 1.78 bits per heavy atom. The lowest BCUT2D eigenvalue weighted by Crippen LogP contribution is -2.20. The molecule has 1 aromatic rings. The molecule has 0 heterocycles. The topological polar surface area (TPSA) is 95.7 Å². The third kappa shape index (κ3) is 6.53. The Labute approximate surface area is 190 Å². The normalized spacial score (nSPS) is 17.7. The van der Waals surface area contributed by atoms with Crippen LogP contribution in [0.1, 0.15) is 103 Å². The van der Waals surface area contributed by atoms with Gasteiger partial charge in [0, 0.05) is 6.07 Å². The van der Waals surface area contributed by atoms with E-state index in [0.29, 0.717) is 17.4 Å². The maximum atomic E-state index is 12.9. The van der Waals surface area contributed by atoms with E-state index in [9.17, 15) is 19.7 Å². The van der Waals surface area contributed by atoms with Crippen molar-refractivity contribution in [3.63, 3.8) is 0 Å². The monoisotopic (exact) mass is 445 g/mol. The zero-order valence-electron chi connectivity index (χ0n) is 19.1. The van der Waals surface area contributed by atoms with Crippen molar-refractivity contribution in [3.05, 3.63) is 38.9 Å². The number of hydrogen-bond donors (Lipinski definition) is 0. The van der Waals surface area contributed by atoms with Crippen LogP contribution in [0, 0.1) is 28.9 Å². The van der Waals surface area contributed by atoms with E-state index in [1.807, 2.05) is 0 Å². The van der Waals surface area contributed by atoms with E-state index in [2.05, 4.69) is 0 Å². The Kier molecular flexibility index (Phi) is 9.06. The van der Waals surface area contributed by atoms with Crippen LogP contribution in [0.2, 0.25) is 0 Å². The molecule has 0 aliphatic heterocycles. The largest absolute Gasteiger partial charge is 0.462 e. The van der Waals surface area contributed by atoms with Gasteiger partial charge in [0.05, 0.1) is 23.7 Å². The van der Waals surface area contributed by atoms with Gasteiger partial charge in [-0.1, -0.05) is 70.3 Å². The lowest BCUT2D eigenvalue weighted by Gasteiger charge is -2.21. The number of benzene rings is 1. The molecule has 0 radical (unpaired) electrons. The minimum atomic E-state index is -0.824. The van der Waals surface area contributed by atoms with E-state index in [1.165, 1.54) is 50.7 Å². The molecule has 0 unspecified atom stereocenters. The number of nitrogens with zero attached hydrogens (tertiary/aromatic N) is 1. The van der Waals surface area contributed by atoms with Gasteiger partial charge in [-0.3, -0.25) is 10.1 Å². The Bertz CT molecular complexity index is 809. The van der Waals surface area contributed by atoms with Crippen molar-refractivity contribution in [3.8, 4) is 0 Å². The van der Waals surface area contributed by atoms with Crippen LogP contribution in [-0.2, 0) is 9.47 Å². The van der Waals surface area contributed by atoms with Crippen molar-refractivity contribution in [2.75, 3.05) is 13.2 Å². The highest BCUT2D eigenvalue weighted by Gasteiger charge is 2.31. The van der Waals surface area contributed by atoms with Crippen LogP contribution in [0.4, 0.5) is 5.69 Å². The molecule has 32 heavy (non-hydrogen) atoms. The van der Waals surface area contributed by atoms with E-state index in [1.54, 1.807) is 6.92 Å². The summed E-state index contributed by atoms with van der Waals surface area (Å²) in [6, 6.07) is 2.74. The number of nitro benzene ring substituents is 1. The predicted molar refractivity (Wildman–Crippen MR) is 121 cm³/mol. The molecular formula is C25H35NO6. The van der Waals surface area contributed by atoms with Gasteiger partial charge in [-0.15, -0.1) is 0 Å². The van der Waals surface area contributed by atoms with Crippen molar-refractivity contribution < 1.29 is 24.0 Å². The first-order chi connectivity index (χ1) is 15.5. The molecule has 1 aromatic carbocycles. The van der Waals surface area contributed by atoms with Gasteiger partial charge >= 0.3 is 11.9 Å². The molecule has 2 aliphatic rings. The highest BCUT2D eigenvalue weighted by atomic mass is 16.6. The molecule has 176 valence electrons. The molecule has 0 N–H and O–H groups in total. The molecule has 0 bridgehead atoms. The number of carbonyl (C=O) groups is 2. The minimum Gasteiger partial charge on any atom is -0.462 e. The summed E-state index contributed by atoms with van der Waals surface area (Å²) in [5.74, 6) is -0.447. The molecular weight excluding hydrogens is 410 g/mol. The van der Waals surface area contributed by atoms with Gasteiger partial charge in [0.2, 0.25) is 0 Å². The lowest BCUT2D eigenvalue weighted by molar-refractivity contribution is -0.385. The smallest absolute Gasteiger partial charge is 0.346 e. The SMILES string of the molecule is Cc1ccc([N+](=O)[O-])c(C(=O)OCCC2CCCCC2)c1C(=O)OCCC1CCCCC1. The maximum Gasteiger partial charge on any atom is 0.346 e. The van der Waals surface area contributed by atoms with E-state index in [0.717, 1.165) is 38.5 Å². The van der Waals surface area contributed by atoms with Crippen molar-refractivity contribution in [2.24, 2.45) is 11.8 Å². The van der Waals surface area contributed by atoms with Gasteiger partial charge in [-0.05, 0) is 37.2 Å². The fraction of sp³-hybridized carbons (Fsp3) is 0.680. The predicted octanol–water partition coefficient (Wildman–Crippen LogP) is 6.16. The first-order valence-corrected chi connectivity index (χ1v) is 12.1. The summed E-state index contributed by atoms with van der Waals surface area (Å²) < 4.78 is 10.9. The van der Waals surface area contributed by atoms with Crippen LogP contribution < -0.4 is 0 Å². The van der Waals surface area contributed by atoms with Gasteiger partial charge < -0.3 is 9.47 Å². The van der Waals surface area contributed by atoms with Crippen LogP contribution in [0.25, 0.3) is 0 Å².